The van der Waals surface area contributed by atoms with Gasteiger partial charge in [-0.15, -0.1) is 0 Å². The predicted octanol–water partition coefficient (Wildman–Crippen LogP) is 1.97. The van der Waals surface area contributed by atoms with Crippen LogP contribution in [-0.4, -0.2) is 41.1 Å². The fourth-order valence-corrected chi connectivity index (χ4v) is 1.64. The number of hydrogen-bond acceptors (Lipinski definition) is 3. The van der Waals surface area contributed by atoms with E-state index in [1.165, 1.54) is 4.90 Å². The van der Waals surface area contributed by atoms with Gasteiger partial charge in [0.05, 0.1) is 25.3 Å². The third-order valence-electron chi connectivity index (χ3n) is 2.60. The maximum absolute atomic E-state index is 12.0. The second-order valence-corrected chi connectivity index (χ2v) is 4.66. The zero-order valence-electron chi connectivity index (χ0n) is 11.4. The molecule has 0 aliphatic carbocycles. The summed E-state index contributed by atoms with van der Waals surface area (Å²) in [6.07, 6.45) is -2.70. The Labute approximate surface area is 116 Å². The predicted molar refractivity (Wildman–Crippen MR) is 68.8 cm³/mol. The Hall–Kier alpha value is -1.63. The van der Waals surface area contributed by atoms with Gasteiger partial charge in [-0.2, -0.15) is 13.2 Å². The maximum atomic E-state index is 12.0. The number of nitrogens with zero attached hydrogens (tertiary/aromatic N) is 2. The molecule has 0 saturated heterocycles. The van der Waals surface area contributed by atoms with Crippen LogP contribution in [0, 0.1) is 0 Å². The van der Waals surface area contributed by atoms with Crippen molar-refractivity contribution in [1.29, 1.82) is 0 Å². The fraction of sp³-hybridized carbons (Fsp3) is 0.538. The van der Waals surface area contributed by atoms with Crippen LogP contribution in [-0.2, 0) is 11.3 Å². The van der Waals surface area contributed by atoms with Gasteiger partial charge in [0.15, 0.2) is 0 Å². The van der Waals surface area contributed by atoms with Gasteiger partial charge in [-0.05, 0) is 26.0 Å². The summed E-state index contributed by atoms with van der Waals surface area (Å²) in [5.41, 5.74) is 0.699. The molecule has 0 aromatic carbocycles. The number of nitrogens with one attached hydrogen (secondary N) is 1. The normalized spacial score (nSPS) is 11.7. The topological polar surface area (TPSA) is 45.2 Å². The third kappa shape index (κ3) is 6.01. The first-order chi connectivity index (χ1) is 9.29. The van der Waals surface area contributed by atoms with Crippen LogP contribution >= 0.6 is 0 Å². The Morgan fingerprint density at radius 2 is 2.10 bits per heavy atom. The minimum atomic E-state index is -4.32. The van der Waals surface area contributed by atoms with Crippen LogP contribution < -0.4 is 5.32 Å². The summed E-state index contributed by atoms with van der Waals surface area (Å²) in [6.45, 7) is 2.39. The van der Waals surface area contributed by atoms with Crippen molar-refractivity contribution in [2.75, 3.05) is 13.1 Å². The van der Waals surface area contributed by atoms with Crippen LogP contribution in [0.3, 0.4) is 0 Å². The highest BCUT2D eigenvalue weighted by atomic mass is 19.4. The van der Waals surface area contributed by atoms with Gasteiger partial charge < -0.3 is 10.2 Å². The number of halogens is 3. The smallest absolute Gasteiger partial charge is 0.333 e. The number of amides is 1. The SMILES string of the molecule is CC(C)N(Cc1ccccn1)C(=O)CNCC(F)(F)F. The van der Waals surface area contributed by atoms with Crippen molar-refractivity contribution in [1.82, 2.24) is 15.2 Å². The Morgan fingerprint density at radius 1 is 1.40 bits per heavy atom. The first kappa shape index (κ1) is 16.4. The summed E-state index contributed by atoms with van der Waals surface area (Å²) >= 11 is 0. The number of pyridine rings is 1. The molecular weight excluding hydrogens is 271 g/mol. The van der Waals surface area contributed by atoms with Gasteiger partial charge in [-0.1, -0.05) is 6.07 Å². The molecule has 0 aliphatic rings. The minimum absolute atomic E-state index is 0.114. The highest BCUT2D eigenvalue weighted by Gasteiger charge is 2.27. The summed E-state index contributed by atoms with van der Waals surface area (Å²) in [5.74, 6) is -0.380. The van der Waals surface area contributed by atoms with Crippen LogP contribution in [0.1, 0.15) is 19.5 Å². The molecule has 0 bridgehead atoms. The van der Waals surface area contributed by atoms with E-state index >= 15 is 0 Å². The first-order valence-electron chi connectivity index (χ1n) is 6.26. The van der Waals surface area contributed by atoms with Crippen molar-refractivity contribution in [2.45, 2.75) is 32.6 Å². The molecule has 0 atom stereocenters. The molecule has 112 valence electrons. The van der Waals surface area contributed by atoms with E-state index in [-0.39, 0.29) is 25.0 Å². The summed E-state index contributed by atoms with van der Waals surface area (Å²) in [7, 11) is 0. The van der Waals surface area contributed by atoms with Crippen LogP contribution in [0.2, 0.25) is 0 Å². The van der Waals surface area contributed by atoms with Crippen LogP contribution in [0.25, 0.3) is 0 Å². The summed E-state index contributed by atoms with van der Waals surface area (Å²) in [4.78, 5) is 17.5. The molecule has 0 spiro atoms. The van der Waals surface area contributed by atoms with Crippen molar-refractivity contribution in [3.05, 3.63) is 30.1 Å². The number of carbonyl (C=O) groups excluding carboxylic acids is 1. The standard InChI is InChI=1S/C13H18F3N3O/c1-10(2)19(8-11-5-3-4-6-18-11)12(20)7-17-9-13(14,15)16/h3-6,10,17H,7-9H2,1-2H3. The van der Waals surface area contributed by atoms with Gasteiger partial charge in [-0.3, -0.25) is 9.78 Å². The van der Waals surface area contributed by atoms with Gasteiger partial charge >= 0.3 is 6.18 Å². The molecule has 7 heteroatoms. The molecule has 0 unspecified atom stereocenters. The summed E-state index contributed by atoms with van der Waals surface area (Å²) in [6, 6.07) is 5.21. The quantitative estimate of drug-likeness (QED) is 0.871. The maximum Gasteiger partial charge on any atom is 0.401 e. The van der Waals surface area contributed by atoms with Gasteiger partial charge in [0.25, 0.3) is 0 Å². The molecule has 0 saturated carbocycles. The summed E-state index contributed by atoms with van der Waals surface area (Å²) in [5, 5.41) is 2.11. The molecule has 1 heterocycles. The highest BCUT2D eigenvalue weighted by molar-refractivity contribution is 5.78. The fourth-order valence-electron chi connectivity index (χ4n) is 1.64. The van der Waals surface area contributed by atoms with Crippen molar-refractivity contribution < 1.29 is 18.0 Å². The van der Waals surface area contributed by atoms with E-state index in [4.69, 9.17) is 0 Å². The first-order valence-corrected chi connectivity index (χ1v) is 6.26. The number of alkyl halides is 3. The molecule has 1 aromatic heterocycles. The molecule has 0 radical (unpaired) electrons. The van der Waals surface area contributed by atoms with E-state index in [1.807, 2.05) is 13.8 Å². The lowest BCUT2D eigenvalue weighted by Gasteiger charge is -2.26. The zero-order chi connectivity index (χ0) is 15.2. The molecule has 0 fully saturated rings. The van der Waals surface area contributed by atoms with E-state index in [1.54, 1.807) is 24.4 Å². The average Bonchev–Trinajstić information content (AvgIpc) is 2.35. The molecule has 1 rings (SSSR count). The monoisotopic (exact) mass is 289 g/mol. The van der Waals surface area contributed by atoms with Gasteiger partial charge in [-0.25, -0.2) is 0 Å². The Kier molecular flexibility index (Phi) is 5.94. The van der Waals surface area contributed by atoms with E-state index in [0.29, 0.717) is 5.69 Å². The van der Waals surface area contributed by atoms with Gasteiger partial charge in [0.2, 0.25) is 5.91 Å². The van der Waals surface area contributed by atoms with Crippen LogP contribution in [0.4, 0.5) is 13.2 Å². The van der Waals surface area contributed by atoms with Crippen molar-refractivity contribution in [3.63, 3.8) is 0 Å². The molecule has 4 nitrogen and oxygen atoms in total. The molecule has 0 aliphatic heterocycles. The molecule has 1 aromatic rings. The average molecular weight is 289 g/mol. The number of rotatable bonds is 6. The van der Waals surface area contributed by atoms with Crippen LogP contribution in [0.15, 0.2) is 24.4 Å². The number of hydrogen-bond donors (Lipinski definition) is 1. The lowest BCUT2D eigenvalue weighted by molar-refractivity contribution is -0.136. The second kappa shape index (κ2) is 7.23. The van der Waals surface area contributed by atoms with E-state index in [2.05, 4.69) is 10.3 Å². The van der Waals surface area contributed by atoms with E-state index in [9.17, 15) is 18.0 Å². The largest absolute Gasteiger partial charge is 0.401 e. The van der Waals surface area contributed by atoms with Gasteiger partial charge in [0.1, 0.15) is 0 Å². The molecular formula is C13H18F3N3O. The molecule has 1 N–H and O–H groups in total. The van der Waals surface area contributed by atoms with Crippen LogP contribution in [0.5, 0.6) is 0 Å². The van der Waals surface area contributed by atoms with Crippen molar-refractivity contribution in [2.24, 2.45) is 0 Å². The third-order valence-corrected chi connectivity index (χ3v) is 2.60. The van der Waals surface area contributed by atoms with Crippen molar-refractivity contribution >= 4 is 5.91 Å². The molecule has 1 amide bonds. The Bertz CT molecular complexity index is 421. The number of aromatic nitrogens is 1. The van der Waals surface area contributed by atoms with Gasteiger partial charge in [0, 0.05) is 12.2 Å². The summed E-state index contributed by atoms with van der Waals surface area (Å²) < 4.78 is 36.0. The highest BCUT2D eigenvalue weighted by Crippen LogP contribution is 2.12. The lowest BCUT2D eigenvalue weighted by atomic mass is 10.2. The Morgan fingerprint density at radius 3 is 2.60 bits per heavy atom. The molecule has 20 heavy (non-hydrogen) atoms. The lowest BCUT2D eigenvalue weighted by Crippen LogP contribution is -2.43. The Balaban J connectivity index is 2.55. The van der Waals surface area contributed by atoms with Crippen molar-refractivity contribution in [3.8, 4) is 0 Å². The van der Waals surface area contributed by atoms with E-state index < -0.39 is 12.7 Å². The minimum Gasteiger partial charge on any atom is -0.333 e. The van der Waals surface area contributed by atoms with E-state index in [0.717, 1.165) is 0 Å². The zero-order valence-corrected chi connectivity index (χ0v) is 11.4. The number of carbonyl (C=O) groups is 1. The second-order valence-electron chi connectivity index (χ2n) is 4.66.